The van der Waals surface area contributed by atoms with Gasteiger partial charge in [0.25, 0.3) is 0 Å². The van der Waals surface area contributed by atoms with Gasteiger partial charge in [0.1, 0.15) is 11.2 Å². The molecule has 0 saturated carbocycles. The molecule has 4 heteroatoms. The number of para-hydroxylation sites is 1. The van der Waals surface area contributed by atoms with Crippen LogP contribution in [-0.2, 0) is 0 Å². The minimum atomic E-state index is -1.73. The van der Waals surface area contributed by atoms with E-state index >= 15 is 0 Å². The molecule has 0 aliphatic heterocycles. The van der Waals surface area contributed by atoms with Gasteiger partial charge in [-0.2, -0.15) is 0 Å². The molecule has 0 atom stereocenters. The number of benzene rings is 9. The zero-order chi connectivity index (χ0) is 34.8. The van der Waals surface area contributed by atoms with Crippen molar-refractivity contribution < 1.29 is 14.5 Å². The molecule has 3 nitrogen and oxygen atoms in total. The van der Waals surface area contributed by atoms with E-state index in [2.05, 4.69) is 140 Å². The van der Waals surface area contributed by atoms with Crippen LogP contribution in [0.3, 0.4) is 0 Å². The monoisotopic (exact) mass is 666 g/mol. The highest BCUT2D eigenvalue weighted by atomic mass is 16.4. The van der Waals surface area contributed by atoms with Gasteiger partial charge in [-0.05, 0) is 89.0 Å². The predicted molar refractivity (Wildman–Crippen MR) is 218 cm³/mol. The molecule has 0 saturated heterocycles. The van der Waals surface area contributed by atoms with Gasteiger partial charge >= 0.3 is 7.12 Å². The van der Waals surface area contributed by atoms with Gasteiger partial charge in [0.05, 0.1) is 0 Å². The zero-order valence-electron chi connectivity index (χ0n) is 28.1. The molecular formula is C48H31BO3. The summed E-state index contributed by atoms with van der Waals surface area (Å²) in [6.45, 7) is 0. The van der Waals surface area contributed by atoms with Crippen LogP contribution in [0.4, 0.5) is 0 Å². The molecule has 0 aliphatic carbocycles. The second-order valence-corrected chi connectivity index (χ2v) is 13.4. The molecule has 9 aromatic carbocycles. The van der Waals surface area contributed by atoms with E-state index < -0.39 is 7.12 Å². The first-order valence-electron chi connectivity index (χ1n) is 17.6. The average molecular weight is 667 g/mol. The number of rotatable bonds is 5. The number of hydrogen-bond acceptors (Lipinski definition) is 3. The standard InChI is InChI=1S/C48H31BO3/c50-49(51)47-45(37-19-9-10-20-38(37)46-40-21-11-12-22-42(40)52-48(46)47)33-25-23-30(24-26-33)34-27-28-39-41(29-34)44(32-15-5-2-6-16-32)36-18-8-7-17-35(36)43(39)31-13-3-1-4-14-31/h1-29,50-51H. The van der Waals surface area contributed by atoms with Gasteiger partial charge in [-0.1, -0.05) is 164 Å². The largest absolute Gasteiger partial charge is 0.492 e. The Labute approximate surface area is 300 Å². The molecule has 0 amide bonds. The summed E-state index contributed by atoms with van der Waals surface area (Å²) < 4.78 is 6.35. The van der Waals surface area contributed by atoms with Crippen molar-refractivity contribution in [3.63, 3.8) is 0 Å². The van der Waals surface area contributed by atoms with Gasteiger partial charge < -0.3 is 14.5 Å². The summed E-state index contributed by atoms with van der Waals surface area (Å²) in [4.78, 5) is 0. The molecule has 0 fully saturated rings. The van der Waals surface area contributed by atoms with E-state index in [0.717, 1.165) is 43.8 Å². The van der Waals surface area contributed by atoms with Gasteiger partial charge in [0.2, 0.25) is 0 Å². The third kappa shape index (κ3) is 4.70. The van der Waals surface area contributed by atoms with Crippen LogP contribution in [0.25, 0.3) is 98.8 Å². The molecular weight excluding hydrogens is 635 g/mol. The molecule has 0 aliphatic rings. The van der Waals surface area contributed by atoms with Gasteiger partial charge in [-0.25, -0.2) is 0 Å². The Balaban J connectivity index is 1.19. The number of furan rings is 1. The summed E-state index contributed by atoms with van der Waals surface area (Å²) in [5.41, 5.74) is 10.2. The van der Waals surface area contributed by atoms with E-state index in [9.17, 15) is 10.0 Å². The smallest absolute Gasteiger partial charge is 0.456 e. The zero-order valence-corrected chi connectivity index (χ0v) is 28.1. The maximum absolute atomic E-state index is 10.9. The lowest BCUT2D eigenvalue weighted by atomic mass is 9.72. The van der Waals surface area contributed by atoms with E-state index in [1.165, 1.54) is 43.8 Å². The van der Waals surface area contributed by atoms with Crippen molar-refractivity contribution in [1.29, 1.82) is 0 Å². The van der Waals surface area contributed by atoms with Gasteiger partial charge in [0.15, 0.2) is 0 Å². The van der Waals surface area contributed by atoms with E-state index in [1.54, 1.807) is 0 Å². The van der Waals surface area contributed by atoms with Crippen molar-refractivity contribution in [2.24, 2.45) is 0 Å². The van der Waals surface area contributed by atoms with Crippen LogP contribution >= 0.6 is 0 Å². The fourth-order valence-corrected chi connectivity index (χ4v) is 8.26. The first kappa shape index (κ1) is 30.4. The van der Waals surface area contributed by atoms with Crippen LogP contribution in [0.1, 0.15) is 0 Å². The molecule has 1 heterocycles. The Morgan fingerprint density at radius 1 is 0.346 bits per heavy atom. The first-order valence-corrected chi connectivity index (χ1v) is 17.6. The van der Waals surface area contributed by atoms with Crippen LogP contribution in [0.15, 0.2) is 180 Å². The Hall–Kier alpha value is -6.46. The summed E-state index contributed by atoms with van der Waals surface area (Å²) in [5.74, 6) is 0. The van der Waals surface area contributed by atoms with E-state index in [4.69, 9.17) is 4.42 Å². The summed E-state index contributed by atoms with van der Waals surface area (Å²) in [6, 6.07) is 61.3. The van der Waals surface area contributed by atoms with Crippen molar-refractivity contribution in [2.75, 3.05) is 0 Å². The van der Waals surface area contributed by atoms with E-state index in [1.807, 2.05) is 36.4 Å². The third-order valence-corrected chi connectivity index (χ3v) is 10.5. The highest BCUT2D eigenvalue weighted by Gasteiger charge is 2.28. The van der Waals surface area contributed by atoms with Crippen LogP contribution in [0, 0.1) is 0 Å². The lowest BCUT2D eigenvalue weighted by Gasteiger charge is -2.19. The Morgan fingerprint density at radius 3 is 1.40 bits per heavy atom. The quantitative estimate of drug-likeness (QED) is 0.142. The Morgan fingerprint density at radius 2 is 0.788 bits per heavy atom. The summed E-state index contributed by atoms with van der Waals surface area (Å²) >= 11 is 0. The topological polar surface area (TPSA) is 53.6 Å². The van der Waals surface area contributed by atoms with Crippen molar-refractivity contribution in [3.8, 4) is 44.5 Å². The molecule has 0 unspecified atom stereocenters. The molecule has 52 heavy (non-hydrogen) atoms. The van der Waals surface area contributed by atoms with Gasteiger partial charge in [-0.3, -0.25) is 0 Å². The van der Waals surface area contributed by atoms with Crippen LogP contribution < -0.4 is 5.46 Å². The first-order chi connectivity index (χ1) is 25.7. The lowest BCUT2D eigenvalue weighted by molar-refractivity contribution is 0.426. The molecule has 10 aromatic rings. The molecule has 10 rings (SSSR count). The van der Waals surface area contributed by atoms with Crippen LogP contribution in [0.5, 0.6) is 0 Å². The van der Waals surface area contributed by atoms with Crippen LogP contribution in [0.2, 0.25) is 0 Å². The summed E-state index contributed by atoms with van der Waals surface area (Å²) in [6.07, 6.45) is 0. The summed E-state index contributed by atoms with van der Waals surface area (Å²) in [5, 5.41) is 30.4. The fourth-order valence-electron chi connectivity index (χ4n) is 8.26. The Bertz CT molecular complexity index is 2960. The second kappa shape index (κ2) is 12.1. The van der Waals surface area contributed by atoms with Crippen molar-refractivity contribution in [3.05, 3.63) is 176 Å². The molecule has 1 aromatic heterocycles. The predicted octanol–water partition coefficient (Wildman–Crippen LogP) is 11.4. The molecule has 2 N–H and O–H groups in total. The molecule has 0 bridgehead atoms. The minimum Gasteiger partial charge on any atom is -0.456 e. The average Bonchev–Trinajstić information content (AvgIpc) is 3.59. The molecule has 244 valence electrons. The highest BCUT2D eigenvalue weighted by Crippen LogP contribution is 2.45. The summed E-state index contributed by atoms with van der Waals surface area (Å²) in [7, 11) is -1.73. The lowest BCUT2D eigenvalue weighted by Crippen LogP contribution is -2.32. The third-order valence-electron chi connectivity index (χ3n) is 10.5. The van der Waals surface area contributed by atoms with Gasteiger partial charge in [-0.15, -0.1) is 0 Å². The van der Waals surface area contributed by atoms with E-state index in [0.29, 0.717) is 16.6 Å². The normalized spacial score (nSPS) is 11.7. The fraction of sp³-hybridized carbons (Fsp3) is 0. The van der Waals surface area contributed by atoms with Crippen molar-refractivity contribution in [2.45, 2.75) is 0 Å². The van der Waals surface area contributed by atoms with Crippen molar-refractivity contribution >= 4 is 66.8 Å². The number of fused-ring (bicyclic) bond motifs is 7. The maximum Gasteiger partial charge on any atom is 0.492 e. The van der Waals surface area contributed by atoms with Gasteiger partial charge in [0, 0.05) is 16.2 Å². The maximum atomic E-state index is 10.9. The van der Waals surface area contributed by atoms with Crippen LogP contribution in [-0.4, -0.2) is 17.2 Å². The molecule has 0 radical (unpaired) electrons. The number of hydrogen-bond donors (Lipinski definition) is 2. The minimum absolute atomic E-state index is 0.371. The van der Waals surface area contributed by atoms with E-state index in [-0.39, 0.29) is 0 Å². The Kier molecular flexibility index (Phi) is 7.07. The SMILES string of the molecule is OB(O)c1c(-c2ccc(-c3ccc4c(-c5ccccc5)c5ccccc5c(-c5ccccc5)c4c3)cc2)c2ccccc2c2c1oc1ccccc12. The second-order valence-electron chi connectivity index (χ2n) is 13.4. The van der Waals surface area contributed by atoms with Crippen molar-refractivity contribution in [1.82, 2.24) is 0 Å². The highest BCUT2D eigenvalue weighted by molar-refractivity contribution is 6.65. The molecule has 0 spiro atoms.